The number of hydrogen-bond donors (Lipinski definition) is 0. The molecule has 0 spiro atoms. The summed E-state index contributed by atoms with van der Waals surface area (Å²) in [4.78, 5) is 0. The van der Waals surface area contributed by atoms with Gasteiger partial charge in [0.25, 0.3) is 0 Å². The van der Waals surface area contributed by atoms with Gasteiger partial charge in [-0.15, -0.1) is 0 Å². The first kappa shape index (κ1) is 2.71. The number of halogens is 1. The molecule has 5 heavy (non-hydrogen) atoms. The maximum Gasteiger partial charge on any atom is 0.171 e. The van der Waals surface area contributed by atoms with Gasteiger partial charge in [0, 0.05) is 0 Å². The molecule has 1 aliphatic rings. The van der Waals surface area contributed by atoms with Gasteiger partial charge in [0.05, 0.1) is 6.42 Å². The Bertz CT molecular complexity index is 85.6. The van der Waals surface area contributed by atoms with Crippen LogP contribution in [0.5, 0.6) is 0 Å². The molecular weight excluding hydrogens is 67.0 g/mol. The zero-order chi connectivity index (χ0) is 3.70. The SMILES string of the molecule is FC1C#CC1. The Balaban J connectivity index is 2.52. The minimum absolute atomic E-state index is 0.458. The van der Waals surface area contributed by atoms with Gasteiger partial charge in [0.1, 0.15) is 0 Å². The average molecular weight is 70.1 g/mol. The highest BCUT2D eigenvalue weighted by Crippen LogP contribution is 2.00. The molecule has 26 valence electrons. The predicted octanol–water partition coefficient (Wildman–Crippen LogP) is 0.732. The lowest BCUT2D eigenvalue weighted by atomic mass is 10.2. The van der Waals surface area contributed by atoms with Crippen molar-refractivity contribution in [2.24, 2.45) is 0 Å². The van der Waals surface area contributed by atoms with Gasteiger partial charge in [-0.1, -0.05) is 11.8 Å². The first-order chi connectivity index (χ1) is 2.39. The Morgan fingerprint density at radius 2 is 2.20 bits per heavy atom. The van der Waals surface area contributed by atoms with Crippen molar-refractivity contribution in [3.05, 3.63) is 0 Å². The zero-order valence-corrected chi connectivity index (χ0v) is 2.66. The highest BCUT2D eigenvalue weighted by Gasteiger charge is 2.02. The van der Waals surface area contributed by atoms with E-state index in [9.17, 15) is 4.39 Å². The van der Waals surface area contributed by atoms with Crippen molar-refractivity contribution >= 4 is 0 Å². The Morgan fingerprint density at radius 1 is 1.80 bits per heavy atom. The molecule has 0 fully saturated rings. The van der Waals surface area contributed by atoms with E-state index in [1.807, 2.05) is 0 Å². The second kappa shape index (κ2) is 0.718. The lowest BCUT2D eigenvalue weighted by Crippen LogP contribution is -2.00. The van der Waals surface area contributed by atoms with E-state index in [1.165, 1.54) is 0 Å². The van der Waals surface area contributed by atoms with Crippen molar-refractivity contribution in [1.82, 2.24) is 0 Å². The molecule has 0 aromatic rings. The van der Waals surface area contributed by atoms with E-state index in [0.29, 0.717) is 6.42 Å². The molecule has 0 saturated carbocycles. The highest BCUT2D eigenvalue weighted by molar-refractivity contribution is 5.17. The molecule has 0 heterocycles. The van der Waals surface area contributed by atoms with Gasteiger partial charge >= 0.3 is 0 Å². The van der Waals surface area contributed by atoms with Gasteiger partial charge in [-0.2, -0.15) is 0 Å². The molecule has 1 rings (SSSR count). The maximum atomic E-state index is 11.3. The van der Waals surface area contributed by atoms with E-state index < -0.39 is 6.17 Å². The Labute approximate surface area is 30.0 Å². The summed E-state index contributed by atoms with van der Waals surface area (Å²) < 4.78 is 11.3. The normalized spacial score (nSPS) is 30.2. The zero-order valence-electron chi connectivity index (χ0n) is 2.66. The first-order valence-corrected chi connectivity index (χ1v) is 1.52. The molecule has 1 heteroatoms. The topological polar surface area (TPSA) is 0 Å². The van der Waals surface area contributed by atoms with E-state index >= 15 is 0 Å². The molecule has 0 aliphatic heterocycles. The third kappa shape index (κ3) is 0.257. The highest BCUT2D eigenvalue weighted by atomic mass is 19.1. The third-order valence-electron chi connectivity index (χ3n) is 0.540. The maximum absolute atomic E-state index is 11.3. The van der Waals surface area contributed by atoms with Crippen LogP contribution in [0.15, 0.2) is 0 Å². The van der Waals surface area contributed by atoms with Crippen molar-refractivity contribution in [3.63, 3.8) is 0 Å². The second-order valence-corrected chi connectivity index (χ2v) is 0.993. The van der Waals surface area contributed by atoms with E-state index in [1.54, 1.807) is 0 Å². The van der Waals surface area contributed by atoms with Crippen LogP contribution >= 0.6 is 0 Å². The summed E-state index contributed by atoms with van der Waals surface area (Å²) in [6.07, 6.45) is -0.338. The Kier molecular flexibility index (Phi) is 0.390. The fourth-order valence-corrected chi connectivity index (χ4v) is 0.179. The van der Waals surface area contributed by atoms with E-state index in [4.69, 9.17) is 0 Å². The molecular formula is C4H3F. The van der Waals surface area contributed by atoms with Crippen molar-refractivity contribution in [3.8, 4) is 11.8 Å². The molecule has 0 amide bonds. The van der Waals surface area contributed by atoms with Crippen molar-refractivity contribution in [2.45, 2.75) is 12.6 Å². The van der Waals surface area contributed by atoms with Crippen LogP contribution in [-0.2, 0) is 0 Å². The lowest BCUT2D eigenvalue weighted by Gasteiger charge is -1.96. The van der Waals surface area contributed by atoms with Crippen LogP contribution in [0.4, 0.5) is 4.39 Å². The summed E-state index contributed by atoms with van der Waals surface area (Å²) in [5.41, 5.74) is 0. The van der Waals surface area contributed by atoms with Crippen LogP contribution in [0.1, 0.15) is 6.42 Å². The minimum atomic E-state index is -0.796. The van der Waals surface area contributed by atoms with Gasteiger partial charge in [0.15, 0.2) is 6.17 Å². The van der Waals surface area contributed by atoms with Crippen LogP contribution in [0, 0.1) is 11.8 Å². The summed E-state index contributed by atoms with van der Waals surface area (Å²) in [5.74, 6) is 4.83. The summed E-state index contributed by atoms with van der Waals surface area (Å²) in [5, 5.41) is 0. The van der Waals surface area contributed by atoms with Crippen molar-refractivity contribution in [2.75, 3.05) is 0 Å². The van der Waals surface area contributed by atoms with Gasteiger partial charge in [-0.25, -0.2) is 4.39 Å². The largest absolute Gasteiger partial charge is 0.232 e. The number of rotatable bonds is 0. The molecule has 0 aromatic carbocycles. The van der Waals surface area contributed by atoms with E-state index in [-0.39, 0.29) is 0 Å². The van der Waals surface area contributed by atoms with Crippen molar-refractivity contribution < 1.29 is 4.39 Å². The smallest absolute Gasteiger partial charge is 0.171 e. The number of alkyl halides is 1. The van der Waals surface area contributed by atoms with Gasteiger partial charge in [0.2, 0.25) is 0 Å². The summed E-state index contributed by atoms with van der Waals surface area (Å²) in [7, 11) is 0. The molecule has 1 aliphatic carbocycles. The van der Waals surface area contributed by atoms with Crippen LogP contribution < -0.4 is 0 Å². The molecule has 1 atom stereocenters. The second-order valence-electron chi connectivity index (χ2n) is 0.993. The van der Waals surface area contributed by atoms with Crippen LogP contribution in [-0.4, -0.2) is 6.17 Å². The standard InChI is InChI=1S/C4H3F/c5-4-2-1-3-4/h4H,2H2. The quantitative estimate of drug-likeness (QED) is 0.368. The predicted molar refractivity (Wildman–Crippen MR) is 17.3 cm³/mol. The molecule has 0 aromatic heterocycles. The molecule has 0 saturated heterocycles. The molecule has 0 bridgehead atoms. The average Bonchev–Trinajstić information content (AvgIpc) is 1.30. The van der Waals surface area contributed by atoms with Gasteiger partial charge in [-0.05, 0) is 0 Å². The number of hydrogen-bond acceptors (Lipinski definition) is 0. The van der Waals surface area contributed by atoms with E-state index in [2.05, 4.69) is 11.8 Å². The van der Waals surface area contributed by atoms with E-state index in [0.717, 1.165) is 0 Å². The van der Waals surface area contributed by atoms with Crippen LogP contribution in [0.3, 0.4) is 0 Å². The molecule has 1 unspecified atom stereocenters. The fourth-order valence-electron chi connectivity index (χ4n) is 0.179. The van der Waals surface area contributed by atoms with Crippen LogP contribution in [0.2, 0.25) is 0 Å². The van der Waals surface area contributed by atoms with Gasteiger partial charge in [-0.3, -0.25) is 0 Å². The van der Waals surface area contributed by atoms with Gasteiger partial charge < -0.3 is 0 Å². The Morgan fingerprint density at radius 3 is 2.20 bits per heavy atom. The molecule has 0 radical (unpaired) electrons. The summed E-state index contributed by atoms with van der Waals surface area (Å²) in [6, 6.07) is 0. The van der Waals surface area contributed by atoms with Crippen molar-refractivity contribution in [1.29, 1.82) is 0 Å². The Hall–Kier alpha value is -0.510. The summed E-state index contributed by atoms with van der Waals surface area (Å²) in [6.45, 7) is 0. The fraction of sp³-hybridized carbons (Fsp3) is 0.500. The summed E-state index contributed by atoms with van der Waals surface area (Å²) >= 11 is 0. The van der Waals surface area contributed by atoms with Crippen LogP contribution in [0.25, 0.3) is 0 Å². The monoisotopic (exact) mass is 70.0 g/mol. The molecule has 0 nitrogen and oxygen atoms in total. The molecule has 0 N–H and O–H groups in total. The third-order valence-corrected chi connectivity index (χ3v) is 0.540. The first-order valence-electron chi connectivity index (χ1n) is 1.52. The lowest BCUT2D eigenvalue weighted by molar-refractivity contribution is 0.405. The minimum Gasteiger partial charge on any atom is -0.232 e.